The second-order valence-electron chi connectivity index (χ2n) is 7.54. The van der Waals surface area contributed by atoms with Crippen LogP contribution >= 0.6 is 0 Å². The molecule has 0 atom stereocenters. The molecule has 0 N–H and O–H groups in total. The molecule has 0 aliphatic carbocycles. The summed E-state index contributed by atoms with van der Waals surface area (Å²) in [4.78, 5) is 4.89. The van der Waals surface area contributed by atoms with E-state index in [2.05, 4.69) is 60.9 Å². The monoisotopic (exact) mass is 368 g/mol. The van der Waals surface area contributed by atoms with Crippen LogP contribution in [0.4, 0.5) is 5.69 Å². The van der Waals surface area contributed by atoms with Gasteiger partial charge in [-0.1, -0.05) is 38.1 Å². The zero-order valence-electron chi connectivity index (χ0n) is 17.1. The van der Waals surface area contributed by atoms with Crippen molar-refractivity contribution < 1.29 is 9.47 Å². The number of hydrogen-bond donors (Lipinski definition) is 0. The van der Waals surface area contributed by atoms with Crippen LogP contribution in [0.1, 0.15) is 30.9 Å². The van der Waals surface area contributed by atoms with E-state index < -0.39 is 0 Å². The van der Waals surface area contributed by atoms with Gasteiger partial charge in [0.15, 0.2) is 0 Å². The Balaban J connectivity index is 1.50. The molecular formula is C23H32N2O2. The van der Waals surface area contributed by atoms with Crippen molar-refractivity contribution in [3.8, 4) is 11.5 Å². The predicted octanol–water partition coefficient (Wildman–Crippen LogP) is 4.33. The largest absolute Gasteiger partial charge is 0.495 e. The lowest BCUT2D eigenvalue weighted by Gasteiger charge is -2.36. The Morgan fingerprint density at radius 3 is 2.41 bits per heavy atom. The molecule has 2 aromatic rings. The predicted molar refractivity (Wildman–Crippen MR) is 112 cm³/mol. The maximum absolute atomic E-state index is 6.15. The van der Waals surface area contributed by atoms with E-state index in [1.165, 1.54) is 16.8 Å². The summed E-state index contributed by atoms with van der Waals surface area (Å²) in [6.45, 7) is 12.4. The number of para-hydroxylation sites is 2. The van der Waals surface area contributed by atoms with Crippen molar-refractivity contribution in [2.24, 2.45) is 0 Å². The van der Waals surface area contributed by atoms with Crippen molar-refractivity contribution in [1.29, 1.82) is 0 Å². The molecule has 0 radical (unpaired) electrons. The minimum atomic E-state index is 0.477. The Bertz CT molecular complexity index is 737. The first-order valence-corrected chi connectivity index (χ1v) is 9.92. The summed E-state index contributed by atoms with van der Waals surface area (Å²) >= 11 is 0. The van der Waals surface area contributed by atoms with Crippen molar-refractivity contribution in [1.82, 2.24) is 4.90 Å². The number of rotatable bonds is 7. The number of piperazine rings is 1. The lowest BCUT2D eigenvalue weighted by Crippen LogP contribution is -2.47. The third kappa shape index (κ3) is 4.95. The fraction of sp³-hybridized carbons (Fsp3) is 0.478. The maximum atomic E-state index is 6.15. The average Bonchev–Trinajstić information content (AvgIpc) is 2.68. The first-order valence-electron chi connectivity index (χ1n) is 9.92. The molecule has 1 saturated heterocycles. The number of aryl methyl sites for hydroxylation is 1. The molecule has 0 amide bonds. The van der Waals surface area contributed by atoms with Crippen LogP contribution in [-0.4, -0.2) is 51.3 Å². The van der Waals surface area contributed by atoms with Gasteiger partial charge in [0.1, 0.15) is 18.1 Å². The molecule has 27 heavy (non-hydrogen) atoms. The number of ether oxygens (including phenoxy) is 2. The molecular weight excluding hydrogens is 336 g/mol. The van der Waals surface area contributed by atoms with Crippen LogP contribution in [0.3, 0.4) is 0 Å². The van der Waals surface area contributed by atoms with Crippen LogP contribution in [0.5, 0.6) is 11.5 Å². The van der Waals surface area contributed by atoms with E-state index in [0.29, 0.717) is 5.92 Å². The van der Waals surface area contributed by atoms with E-state index in [0.717, 1.165) is 50.8 Å². The summed E-state index contributed by atoms with van der Waals surface area (Å²) in [5.41, 5.74) is 3.73. The molecule has 0 spiro atoms. The van der Waals surface area contributed by atoms with Gasteiger partial charge in [-0.3, -0.25) is 4.90 Å². The lowest BCUT2D eigenvalue weighted by molar-refractivity contribution is 0.199. The van der Waals surface area contributed by atoms with E-state index in [9.17, 15) is 0 Å². The summed E-state index contributed by atoms with van der Waals surface area (Å²) in [7, 11) is 1.74. The fourth-order valence-electron chi connectivity index (χ4n) is 3.63. The minimum absolute atomic E-state index is 0.477. The van der Waals surface area contributed by atoms with Crippen LogP contribution in [0.15, 0.2) is 42.5 Å². The third-order valence-corrected chi connectivity index (χ3v) is 5.25. The van der Waals surface area contributed by atoms with Crippen LogP contribution in [-0.2, 0) is 0 Å². The topological polar surface area (TPSA) is 24.9 Å². The molecule has 1 aliphatic rings. The molecule has 4 nitrogen and oxygen atoms in total. The molecule has 3 rings (SSSR count). The Hall–Kier alpha value is -2.20. The molecule has 4 heteroatoms. The van der Waals surface area contributed by atoms with E-state index in [-0.39, 0.29) is 0 Å². The molecule has 0 saturated carbocycles. The van der Waals surface area contributed by atoms with Gasteiger partial charge in [0.2, 0.25) is 0 Å². The second-order valence-corrected chi connectivity index (χ2v) is 7.54. The Labute approximate surface area is 163 Å². The minimum Gasteiger partial charge on any atom is -0.495 e. The summed E-state index contributed by atoms with van der Waals surface area (Å²) < 4.78 is 11.7. The van der Waals surface area contributed by atoms with Gasteiger partial charge in [0.05, 0.1) is 12.8 Å². The number of nitrogens with zero attached hydrogens (tertiary/aromatic N) is 2. The average molecular weight is 369 g/mol. The normalized spacial score (nSPS) is 15.2. The Morgan fingerprint density at radius 2 is 1.70 bits per heavy atom. The highest BCUT2D eigenvalue weighted by atomic mass is 16.5. The lowest BCUT2D eigenvalue weighted by atomic mass is 10.0. The van der Waals surface area contributed by atoms with E-state index in [1.807, 2.05) is 12.1 Å². The summed E-state index contributed by atoms with van der Waals surface area (Å²) in [6, 6.07) is 14.8. The van der Waals surface area contributed by atoms with Gasteiger partial charge >= 0.3 is 0 Å². The van der Waals surface area contributed by atoms with Gasteiger partial charge in [0.25, 0.3) is 0 Å². The van der Waals surface area contributed by atoms with Gasteiger partial charge < -0.3 is 14.4 Å². The highest BCUT2D eigenvalue weighted by molar-refractivity contribution is 5.58. The SMILES string of the molecule is COc1ccccc1N1CCN(CCOc2cc(C)ccc2C(C)C)CC1. The van der Waals surface area contributed by atoms with Crippen LogP contribution < -0.4 is 14.4 Å². The quantitative estimate of drug-likeness (QED) is 0.726. The zero-order chi connectivity index (χ0) is 19.2. The highest BCUT2D eigenvalue weighted by Gasteiger charge is 2.19. The van der Waals surface area contributed by atoms with Gasteiger partial charge in [0, 0.05) is 32.7 Å². The van der Waals surface area contributed by atoms with Crippen molar-refractivity contribution in [2.75, 3.05) is 51.3 Å². The summed E-state index contributed by atoms with van der Waals surface area (Å²) in [5.74, 6) is 2.47. The number of hydrogen-bond acceptors (Lipinski definition) is 4. The summed E-state index contributed by atoms with van der Waals surface area (Å²) in [6.07, 6.45) is 0. The first-order chi connectivity index (χ1) is 13.1. The van der Waals surface area contributed by atoms with E-state index in [4.69, 9.17) is 9.47 Å². The standard InChI is InChI=1S/C23H32N2O2/c1-18(2)20-10-9-19(3)17-23(20)27-16-15-24-11-13-25(14-12-24)21-7-5-6-8-22(21)26-4/h5-10,17-18H,11-16H2,1-4H3. The van der Waals surface area contributed by atoms with Gasteiger partial charge in [-0.2, -0.15) is 0 Å². The molecule has 146 valence electrons. The van der Waals surface area contributed by atoms with Crippen molar-refractivity contribution in [2.45, 2.75) is 26.7 Å². The summed E-state index contributed by atoms with van der Waals surface area (Å²) in [5, 5.41) is 0. The first kappa shape index (κ1) is 19.6. The van der Waals surface area contributed by atoms with Crippen molar-refractivity contribution >= 4 is 5.69 Å². The molecule has 2 aromatic carbocycles. The van der Waals surface area contributed by atoms with Crippen LogP contribution in [0, 0.1) is 6.92 Å². The molecule has 1 aliphatic heterocycles. The van der Waals surface area contributed by atoms with Gasteiger partial charge in [-0.15, -0.1) is 0 Å². The smallest absolute Gasteiger partial charge is 0.142 e. The maximum Gasteiger partial charge on any atom is 0.142 e. The number of benzene rings is 2. The second kappa shape index (κ2) is 9.14. The van der Waals surface area contributed by atoms with Crippen molar-refractivity contribution in [3.05, 3.63) is 53.6 Å². The van der Waals surface area contributed by atoms with E-state index in [1.54, 1.807) is 7.11 Å². The van der Waals surface area contributed by atoms with Gasteiger partial charge in [-0.05, 0) is 42.2 Å². The number of methoxy groups -OCH3 is 1. The molecule has 1 heterocycles. The highest BCUT2D eigenvalue weighted by Crippen LogP contribution is 2.29. The molecule has 0 unspecified atom stereocenters. The van der Waals surface area contributed by atoms with Crippen molar-refractivity contribution in [3.63, 3.8) is 0 Å². The molecule has 1 fully saturated rings. The zero-order valence-corrected chi connectivity index (χ0v) is 17.1. The molecule has 0 bridgehead atoms. The fourth-order valence-corrected chi connectivity index (χ4v) is 3.63. The Kier molecular flexibility index (Phi) is 6.62. The Morgan fingerprint density at radius 1 is 0.963 bits per heavy atom. The van der Waals surface area contributed by atoms with E-state index >= 15 is 0 Å². The molecule has 0 aromatic heterocycles. The van der Waals surface area contributed by atoms with Crippen LogP contribution in [0.25, 0.3) is 0 Å². The van der Waals surface area contributed by atoms with Gasteiger partial charge in [-0.25, -0.2) is 0 Å². The number of anilines is 1. The van der Waals surface area contributed by atoms with Crippen LogP contribution in [0.2, 0.25) is 0 Å². The third-order valence-electron chi connectivity index (χ3n) is 5.25.